The van der Waals surface area contributed by atoms with Gasteiger partial charge < -0.3 is 14.8 Å². The SMILES string of the molecule is Cn1c(C(=O)N2CCC(CC(=O)NC3CCCC3)CC2)cc2cc(C(F)(F)F)ccc21. The molecule has 31 heavy (non-hydrogen) atoms. The summed E-state index contributed by atoms with van der Waals surface area (Å²) >= 11 is 0. The summed E-state index contributed by atoms with van der Waals surface area (Å²) in [6.07, 6.45) is 2.07. The molecular weight excluding hydrogens is 407 g/mol. The van der Waals surface area contributed by atoms with E-state index in [4.69, 9.17) is 0 Å². The highest BCUT2D eigenvalue weighted by Gasteiger charge is 2.32. The van der Waals surface area contributed by atoms with E-state index in [1.807, 2.05) is 0 Å². The highest BCUT2D eigenvalue weighted by molar-refractivity contribution is 5.99. The zero-order valence-corrected chi connectivity index (χ0v) is 17.7. The van der Waals surface area contributed by atoms with Crippen molar-refractivity contribution in [3.63, 3.8) is 0 Å². The van der Waals surface area contributed by atoms with Gasteiger partial charge in [-0.1, -0.05) is 12.8 Å². The van der Waals surface area contributed by atoms with Gasteiger partial charge in [-0.2, -0.15) is 13.2 Å². The molecule has 2 aliphatic rings. The lowest BCUT2D eigenvalue weighted by Gasteiger charge is -2.32. The summed E-state index contributed by atoms with van der Waals surface area (Å²) in [4.78, 5) is 27.0. The number of fused-ring (bicyclic) bond motifs is 1. The van der Waals surface area contributed by atoms with Gasteiger partial charge in [-0.25, -0.2) is 0 Å². The van der Waals surface area contributed by atoms with Crippen molar-refractivity contribution < 1.29 is 22.8 Å². The molecule has 168 valence electrons. The van der Waals surface area contributed by atoms with Crippen LogP contribution in [0.3, 0.4) is 0 Å². The molecule has 2 amide bonds. The van der Waals surface area contributed by atoms with Crippen LogP contribution in [0.5, 0.6) is 0 Å². The van der Waals surface area contributed by atoms with E-state index < -0.39 is 11.7 Å². The van der Waals surface area contributed by atoms with E-state index in [-0.39, 0.29) is 17.7 Å². The molecule has 1 aromatic heterocycles. The van der Waals surface area contributed by atoms with Crippen molar-refractivity contribution in [2.45, 2.75) is 57.2 Å². The highest BCUT2D eigenvalue weighted by Crippen LogP contribution is 2.32. The Kier molecular flexibility index (Phi) is 5.99. The zero-order chi connectivity index (χ0) is 22.2. The summed E-state index contributed by atoms with van der Waals surface area (Å²) in [6.45, 7) is 1.10. The molecule has 1 N–H and O–H groups in total. The van der Waals surface area contributed by atoms with Crippen molar-refractivity contribution in [3.05, 3.63) is 35.5 Å². The van der Waals surface area contributed by atoms with E-state index in [0.717, 1.165) is 37.8 Å². The Balaban J connectivity index is 1.37. The Hall–Kier alpha value is -2.51. The van der Waals surface area contributed by atoms with Crippen LogP contribution in [-0.4, -0.2) is 40.4 Å². The number of piperidine rings is 1. The first kappa shape index (κ1) is 21.7. The second-order valence-corrected chi connectivity index (χ2v) is 8.85. The molecular formula is C23H28F3N3O2. The summed E-state index contributed by atoms with van der Waals surface area (Å²) in [5, 5.41) is 3.52. The Labute approximate surface area is 179 Å². The number of nitrogens with zero attached hydrogens (tertiary/aromatic N) is 2. The predicted octanol–water partition coefficient (Wildman–Crippen LogP) is 4.50. The number of nitrogens with one attached hydrogen (secondary N) is 1. The smallest absolute Gasteiger partial charge is 0.353 e. The molecule has 0 atom stereocenters. The fraction of sp³-hybridized carbons (Fsp3) is 0.565. The van der Waals surface area contributed by atoms with Crippen LogP contribution in [0.25, 0.3) is 10.9 Å². The number of rotatable bonds is 4. The molecule has 1 aliphatic carbocycles. The average Bonchev–Trinajstić information content (AvgIpc) is 3.35. The number of aromatic nitrogens is 1. The third kappa shape index (κ3) is 4.72. The van der Waals surface area contributed by atoms with E-state index in [0.29, 0.717) is 42.1 Å². The third-order valence-corrected chi connectivity index (χ3v) is 6.69. The van der Waals surface area contributed by atoms with Crippen molar-refractivity contribution in [2.24, 2.45) is 13.0 Å². The number of carbonyl (C=O) groups excluding carboxylic acids is 2. The van der Waals surface area contributed by atoms with E-state index in [2.05, 4.69) is 5.32 Å². The maximum absolute atomic E-state index is 13.0. The van der Waals surface area contributed by atoms with Crippen LogP contribution in [0.15, 0.2) is 24.3 Å². The fourth-order valence-corrected chi connectivity index (χ4v) is 4.85. The van der Waals surface area contributed by atoms with Crippen LogP contribution < -0.4 is 5.32 Å². The number of likely N-dealkylation sites (tertiary alicyclic amines) is 1. The van der Waals surface area contributed by atoms with Gasteiger partial charge in [0.1, 0.15) is 5.69 Å². The molecule has 5 nitrogen and oxygen atoms in total. The van der Waals surface area contributed by atoms with Crippen LogP contribution in [0, 0.1) is 5.92 Å². The lowest BCUT2D eigenvalue weighted by atomic mass is 9.93. The minimum atomic E-state index is -4.42. The first-order valence-corrected chi connectivity index (χ1v) is 11.0. The predicted molar refractivity (Wildman–Crippen MR) is 112 cm³/mol. The van der Waals surface area contributed by atoms with Crippen molar-refractivity contribution in [1.82, 2.24) is 14.8 Å². The molecule has 0 bridgehead atoms. The van der Waals surface area contributed by atoms with E-state index in [1.54, 1.807) is 16.5 Å². The average molecular weight is 435 g/mol. The van der Waals surface area contributed by atoms with Crippen LogP contribution >= 0.6 is 0 Å². The molecule has 2 fully saturated rings. The van der Waals surface area contributed by atoms with Gasteiger partial charge in [0.2, 0.25) is 5.91 Å². The van der Waals surface area contributed by atoms with Crippen LogP contribution in [-0.2, 0) is 18.0 Å². The first-order chi connectivity index (χ1) is 14.7. The monoisotopic (exact) mass is 435 g/mol. The number of hydrogen-bond acceptors (Lipinski definition) is 2. The summed E-state index contributed by atoms with van der Waals surface area (Å²) in [6, 6.07) is 5.39. The van der Waals surface area contributed by atoms with Gasteiger partial charge in [0.15, 0.2) is 0 Å². The molecule has 0 unspecified atom stereocenters. The molecule has 1 saturated heterocycles. The minimum absolute atomic E-state index is 0.103. The van der Waals surface area contributed by atoms with Crippen LogP contribution in [0.1, 0.15) is 61.0 Å². The number of aryl methyl sites for hydroxylation is 1. The van der Waals surface area contributed by atoms with Gasteiger partial charge in [0, 0.05) is 43.5 Å². The molecule has 2 heterocycles. The summed E-state index contributed by atoms with van der Waals surface area (Å²) in [5.41, 5.74) is 0.253. The molecule has 1 aliphatic heterocycles. The molecule has 1 aromatic carbocycles. The molecule has 4 rings (SSSR count). The van der Waals surface area contributed by atoms with Gasteiger partial charge in [-0.15, -0.1) is 0 Å². The Bertz CT molecular complexity index is 968. The van der Waals surface area contributed by atoms with Gasteiger partial charge in [0.05, 0.1) is 5.56 Å². The van der Waals surface area contributed by atoms with Crippen molar-refractivity contribution in [1.29, 1.82) is 0 Å². The van der Waals surface area contributed by atoms with Crippen LogP contribution in [0.2, 0.25) is 0 Å². The standard InChI is InChI=1S/C23H28F3N3O2/c1-28-19-7-6-17(23(24,25)26)13-16(19)14-20(28)22(31)29-10-8-15(9-11-29)12-21(30)27-18-4-2-3-5-18/h6-7,13-15,18H,2-5,8-12H2,1H3,(H,27,30). The topological polar surface area (TPSA) is 54.3 Å². The van der Waals surface area contributed by atoms with Crippen molar-refractivity contribution in [3.8, 4) is 0 Å². The van der Waals surface area contributed by atoms with Gasteiger partial charge >= 0.3 is 6.18 Å². The summed E-state index contributed by atoms with van der Waals surface area (Å²) < 4.78 is 40.7. The molecule has 0 radical (unpaired) electrons. The number of hydrogen-bond donors (Lipinski definition) is 1. The normalized spacial score (nSPS) is 18.6. The molecule has 1 saturated carbocycles. The third-order valence-electron chi connectivity index (χ3n) is 6.69. The molecule has 2 aromatic rings. The Morgan fingerprint density at radius 1 is 1.06 bits per heavy atom. The van der Waals surface area contributed by atoms with Crippen molar-refractivity contribution in [2.75, 3.05) is 13.1 Å². The maximum atomic E-state index is 13.0. The Morgan fingerprint density at radius 2 is 1.74 bits per heavy atom. The van der Waals surface area contributed by atoms with Gasteiger partial charge in [-0.05, 0) is 55.9 Å². The van der Waals surface area contributed by atoms with E-state index in [9.17, 15) is 22.8 Å². The zero-order valence-electron chi connectivity index (χ0n) is 17.7. The number of halogens is 3. The second kappa shape index (κ2) is 8.55. The first-order valence-electron chi connectivity index (χ1n) is 11.0. The largest absolute Gasteiger partial charge is 0.416 e. The fourth-order valence-electron chi connectivity index (χ4n) is 4.85. The lowest BCUT2D eigenvalue weighted by molar-refractivity contribution is -0.137. The highest BCUT2D eigenvalue weighted by atomic mass is 19.4. The van der Waals surface area contributed by atoms with E-state index in [1.165, 1.54) is 25.0 Å². The number of benzene rings is 1. The summed E-state index contributed by atoms with van der Waals surface area (Å²) in [7, 11) is 1.70. The minimum Gasteiger partial charge on any atom is -0.353 e. The Morgan fingerprint density at radius 3 is 2.39 bits per heavy atom. The number of carbonyl (C=O) groups is 2. The quantitative estimate of drug-likeness (QED) is 0.769. The van der Waals surface area contributed by atoms with Crippen molar-refractivity contribution >= 4 is 22.7 Å². The number of amides is 2. The van der Waals surface area contributed by atoms with Gasteiger partial charge in [-0.3, -0.25) is 9.59 Å². The van der Waals surface area contributed by atoms with Crippen LogP contribution in [0.4, 0.5) is 13.2 Å². The second-order valence-electron chi connectivity index (χ2n) is 8.85. The molecule has 8 heteroatoms. The van der Waals surface area contributed by atoms with E-state index >= 15 is 0 Å². The molecule has 0 spiro atoms. The summed E-state index contributed by atoms with van der Waals surface area (Å²) in [5.74, 6) is 0.180. The lowest BCUT2D eigenvalue weighted by Crippen LogP contribution is -2.41. The maximum Gasteiger partial charge on any atom is 0.416 e. The van der Waals surface area contributed by atoms with Gasteiger partial charge in [0.25, 0.3) is 5.91 Å². The number of alkyl halides is 3.